The van der Waals surface area contributed by atoms with Crippen LogP contribution in [0.5, 0.6) is 0 Å². The summed E-state index contributed by atoms with van der Waals surface area (Å²) in [5.41, 5.74) is 9.63. The Labute approximate surface area is 141 Å². The number of likely N-dealkylation sites (tertiary alicyclic amines) is 1. The molecule has 1 aromatic carbocycles. The highest BCUT2D eigenvalue weighted by Crippen LogP contribution is 2.33. The topological polar surface area (TPSA) is 73.1 Å². The highest BCUT2D eigenvalue weighted by atomic mass is 16.4. The first kappa shape index (κ1) is 15.2. The van der Waals surface area contributed by atoms with Gasteiger partial charge < -0.3 is 19.6 Å². The Morgan fingerprint density at radius 1 is 1.29 bits per heavy atom. The second kappa shape index (κ2) is 5.94. The first-order valence-electron chi connectivity index (χ1n) is 8.46. The van der Waals surface area contributed by atoms with Gasteiger partial charge in [-0.3, -0.25) is 0 Å². The SMILES string of the molecule is Cc1ncc(Cn2c(N)nc3c(C4CCN(C)CC4)cccc32)o1. The molecule has 1 aliphatic rings. The van der Waals surface area contributed by atoms with E-state index in [4.69, 9.17) is 10.2 Å². The molecule has 0 spiro atoms. The van der Waals surface area contributed by atoms with E-state index in [-0.39, 0.29) is 0 Å². The molecule has 0 aliphatic carbocycles. The van der Waals surface area contributed by atoms with E-state index in [1.54, 1.807) is 6.20 Å². The van der Waals surface area contributed by atoms with Gasteiger partial charge in [0, 0.05) is 6.92 Å². The van der Waals surface area contributed by atoms with E-state index >= 15 is 0 Å². The molecule has 3 heterocycles. The fraction of sp³-hybridized carbons (Fsp3) is 0.444. The van der Waals surface area contributed by atoms with Crippen molar-refractivity contribution in [2.45, 2.75) is 32.2 Å². The molecule has 6 heteroatoms. The zero-order chi connectivity index (χ0) is 16.7. The number of hydrogen-bond acceptors (Lipinski definition) is 5. The molecule has 2 N–H and O–H groups in total. The molecule has 0 amide bonds. The number of piperidine rings is 1. The van der Waals surface area contributed by atoms with E-state index in [2.05, 4.69) is 40.1 Å². The fourth-order valence-electron chi connectivity index (χ4n) is 3.64. The molecule has 0 saturated carbocycles. The summed E-state index contributed by atoms with van der Waals surface area (Å²) in [6, 6.07) is 6.40. The zero-order valence-corrected chi connectivity index (χ0v) is 14.2. The number of nitrogens with two attached hydrogens (primary N) is 1. The van der Waals surface area contributed by atoms with Crippen LogP contribution in [0.1, 0.15) is 36.0 Å². The molecule has 6 nitrogen and oxygen atoms in total. The number of aryl methyl sites for hydroxylation is 1. The van der Waals surface area contributed by atoms with Crippen molar-refractivity contribution in [3.05, 3.63) is 41.6 Å². The molecule has 3 aromatic rings. The van der Waals surface area contributed by atoms with Gasteiger partial charge >= 0.3 is 0 Å². The number of nitrogens with zero attached hydrogens (tertiary/aromatic N) is 4. The molecule has 0 atom stereocenters. The predicted octanol–water partition coefficient (Wildman–Crippen LogP) is 2.77. The van der Waals surface area contributed by atoms with Crippen LogP contribution < -0.4 is 5.73 Å². The van der Waals surface area contributed by atoms with Gasteiger partial charge in [0.2, 0.25) is 5.95 Å². The minimum atomic E-state index is 0.527. The highest BCUT2D eigenvalue weighted by Gasteiger charge is 2.22. The van der Waals surface area contributed by atoms with Crippen molar-refractivity contribution in [3.8, 4) is 0 Å². The van der Waals surface area contributed by atoms with E-state index in [0.717, 1.165) is 29.9 Å². The van der Waals surface area contributed by atoms with Gasteiger partial charge in [-0.1, -0.05) is 12.1 Å². The van der Waals surface area contributed by atoms with Gasteiger partial charge in [0.05, 0.1) is 23.8 Å². The average molecular weight is 325 g/mol. The molecule has 1 saturated heterocycles. The maximum absolute atomic E-state index is 6.21. The van der Waals surface area contributed by atoms with E-state index in [0.29, 0.717) is 24.3 Å². The number of nitrogen functional groups attached to an aromatic ring is 1. The molecular weight excluding hydrogens is 302 g/mol. The Balaban J connectivity index is 1.72. The second-order valence-electron chi connectivity index (χ2n) is 6.69. The largest absolute Gasteiger partial charge is 0.444 e. The van der Waals surface area contributed by atoms with E-state index in [1.165, 1.54) is 18.4 Å². The summed E-state index contributed by atoms with van der Waals surface area (Å²) in [6.07, 6.45) is 4.09. The Bertz CT molecular complexity index is 858. The lowest BCUT2D eigenvalue weighted by atomic mass is 9.89. The van der Waals surface area contributed by atoms with Crippen LogP contribution in [-0.2, 0) is 6.54 Å². The number of anilines is 1. The van der Waals surface area contributed by atoms with Crippen LogP contribution in [0.15, 0.2) is 28.8 Å². The number of oxazole rings is 1. The van der Waals surface area contributed by atoms with Crippen LogP contribution in [0.25, 0.3) is 11.0 Å². The Morgan fingerprint density at radius 2 is 2.08 bits per heavy atom. The Morgan fingerprint density at radius 3 is 2.79 bits per heavy atom. The number of imidazole rings is 1. The van der Waals surface area contributed by atoms with Crippen LogP contribution in [0, 0.1) is 6.92 Å². The van der Waals surface area contributed by atoms with Gasteiger partial charge in [0.25, 0.3) is 0 Å². The van der Waals surface area contributed by atoms with Gasteiger partial charge in [-0.05, 0) is 50.5 Å². The molecule has 1 aliphatic heterocycles. The number of rotatable bonds is 3. The number of hydrogen-bond donors (Lipinski definition) is 1. The Kier molecular flexibility index (Phi) is 3.76. The van der Waals surface area contributed by atoms with Crippen LogP contribution in [0.3, 0.4) is 0 Å². The monoisotopic (exact) mass is 325 g/mol. The highest BCUT2D eigenvalue weighted by molar-refractivity contribution is 5.82. The first-order valence-corrected chi connectivity index (χ1v) is 8.46. The second-order valence-corrected chi connectivity index (χ2v) is 6.69. The standard InChI is InChI=1S/C18H23N5O/c1-12-20-10-14(24-12)11-23-16-5-3-4-15(17(16)21-18(23)19)13-6-8-22(2)9-7-13/h3-5,10,13H,6-9,11H2,1-2H3,(H2,19,21). The van der Waals surface area contributed by atoms with Crippen molar-refractivity contribution in [1.29, 1.82) is 0 Å². The summed E-state index contributed by atoms with van der Waals surface area (Å²) in [4.78, 5) is 11.2. The summed E-state index contributed by atoms with van der Waals surface area (Å²) in [5.74, 6) is 2.54. The first-order chi connectivity index (χ1) is 11.6. The molecule has 1 fully saturated rings. The summed E-state index contributed by atoms with van der Waals surface area (Å²) in [5, 5.41) is 0. The van der Waals surface area contributed by atoms with Crippen molar-refractivity contribution < 1.29 is 4.42 Å². The minimum Gasteiger partial charge on any atom is -0.444 e. The maximum Gasteiger partial charge on any atom is 0.201 e. The van der Waals surface area contributed by atoms with Crippen molar-refractivity contribution in [1.82, 2.24) is 19.4 Å². The third kappa shape index (κ3) is 2.67. The van der Waals surface area contributed by atoms with Gasteiger partial charge in [-0.15, -0.1) is 0 Å². The number of benzene rings is 1. The summed E-state index contributed by atoms with van der Waals surface area (Å²) in [6.45, 7) is 4.67. The van der Waals surface area contributed by atoms with Crippen LogP contribution in [-0.4, -0.2) is 39.6 Å². The number of aromatic nitrogens is 3. The number of para-hydroxylation sites is 1. The van der Waals surface area contributed by atoms with Gasteiger partial charge in [0.1, 0.15) is 5.76 Å². The third-order valence-corrected chi connectivity index (χ3v) is 4.98. The van der Waals surface area contributed by atoms with Crippen molar-refractivity contribution in [2.24, 2.45) is 0 Å². The molecule has 24 heavy (non-hydrogen) atoms. The van der Waals surface area contributed by atoms with Gasteiger partial charge in [0.15, 0.2) is 5.89 Å². The van der Waals surface area contributed by atoms with E-state index in [1.807, 2.05) is 11.5 Å². The molecule has 4 rings (SSSR count). The average Bonchev–Trinajstić information content (AvgIpc) is 3.12. The van der Waals surface area contributed by atoms with Gasteiger partial charge in [-0.25, -0.2) is 9.97 Å². The predicted molar refractivity (Wildman–Crippen MR) is 94.0 cm³/mol. The molecule has 126 valence electrons. The lowest BCUT2D eigenvalue weighted by Gasteiger charge is -2.29. The normalized spacial score (nSPS) is 16.9. The van der Waals surface area contributed by atoms with Gasteiger partial charge in [-0.2, -0.15) is 0 Å². The lowest BCUT2D eigenvalue weighted by molar-refractivity contribution is 0.256. The van der Waals surface area contributed by atoms with Crippen molar-refractivity contribution in [3.63, 3.8) is 0 Å². The lowest BCUT2D eigenvalue weighted by Crippen LogP contribution is -2.29. The summed E-state index contributed by atoms with van der Waals surface area (Å²) in [7, 11) is 2.18. The van der Waals surface area contributed by atoms with Crippen molar-refractivity contribution >= 4 is 17.0 Å². The molecule has 2 aromatic heterocycles. The van der Waals surface area contributed by atoms with Crippen LogP contribution in [0.2, 0.25) is 0 Å². The summed E-state index contributed by atoms with van der Waals surface area (Å²) < 4.78 is 7.61. The van der Waals surface area contributed by atoms with E-state index < -0.39 is 0 Å². The molecule has 0 bridgehead atoms. The zero-order valence-electron chi connectivity index (χ0n) is 14.2. The third-order valence-electron chi connectivity index (χ3n) is 4.98. The molecular formula is C18H23N5O. The van der Waals surface area contributed by atoms with Crippen molar-refractivity contribution in [2.75, 3.05) is 25.9 Å². The fourth-order valence-corrected chi connectivity index (χ4v) is 3.64. The molecule has 0 unspecified atom stereocenters. The maximum atomic E-state index is 6.21. The molecule has 0 radical (unpaired) electrons. The Hall–Kier alpha value is -2.34. The smallest absolute Gasteiger partial charge is 0.201 e. The quantitative estimate of drug-likeness (QED) is 0.801. The summed E-state index contributed by atoms with van der Waals surface area (Å²) >= 11 is 0. The van der Waals surface area contributed by atoms with Crippen LogP contribution >= 0.6 is 0 Å². The number of fused-ring (bicyclic) bond motifs is 1. The van der Waals surface area contributed by atoms with Crippen LogP contribution in [0.4, 0.5) is 5.95 Å². The minimum absolute atomic E-state index is 0.527. The van der Waals surface area contributed by atoms with E-state index in [9.17, 15) is 0 Å².